The Morgan fingerprint density at radius 2 is 2.38 bits per heavy atom. The summed E-state index contributed by atoms with van der Waals surface area (Å²) < 4.78 is 0. The molecule has 0 radical (unpaired) electrons. The predicted octanol–water partition coefficient (Wildman–Crippen LogP) is 2.82. The SMILES string of the molecule is CCCCNC(N)=NCC(C)N1CCc2sccc2C1.I. The first kappa shape index (κ1) is 18.7. The molecule has 0 aliphatic carbocycles. The highest BCUT2D eigenvalue weighted by molar-refractivity contribution is 14.0. The van der Waals surface area contributed by atoms with Gasteiger partial charge in [-0.05, 0) is 36.8 Å². The number of hydrogen-bond donors (Lipinski definition) is 2. The summed E-state index contributed by atoms with van der Waals surface area (Å²) in [5.74, 6) is 0.582. The van der Waals surface area contributed by atoms with Gasteiger partial charge in [0.05, 0.1) is 6.54 Å². The minimum Gasteiger partial charge on any atom is -0.370 e. The molecule has 1 aliphatic rings. The average molecular weight is 422 g/mol. The number of nitrogens with one attached hydrogen (secondary N) is 1. The number of aliphatic imine (C=N–C) groups is 1. The van der Waals surface area contributed by atoms with Crippen molar-refractivity contribution in [2.24, 2.45) is 10.7 Å². The van der Waals surface area contributed by atoms with Crippen molar-refractivity contribution < 1.29 is 0 Å². The molecule has 120 valence electrons. The van der Waals surface area contributed by atoms with E-state index in [4.69, 9.17) is 5.73 Å². The number of nitrogens with two attached hydrogens (primary N) is 1. The van der Waals surface area contributed by atoms with Crippen LogP contribution in [0.1, 0.15) is 37.1 Å². The van der Waals surface area contributed by atoms with E-state index in [1.807, 2.05) is 11.3 Å². The quantitative estimate of drug-likeness (QED) is 0.321. The third kappa shape index (κ3) is 5.75. The van der Waals surface area contributed by atoms with E-state index < -0.39 is 0 Å². The Bertz CT molecular complexity index is 447. The largest absolute Gasteiger partial charge is 0.370 e. The third-order valence-corrected chi connectivity index (χ3v) is 4.85. The number of rotatable bonds is 6. The van der Waals surface area contributed by atoms with Crippen molar-refractivity contribution >= 4 is 41.3 Å². The zero-order valence-corrected chi connectivity index (χ0v) is 16.1. The van der Waals surface area contributed by atoms with Crippen molar-refractivity contribution in [1.29, 1.82) is 0 Å². The van der Waals surface area contributed by atoms with Crippen molar-refractivity contribution in [3.05, 3.63) is 21.9 Å². The molecule has 1 atom stereocenters. The van der Waals surface area contributed by atoms with Gasteiger partial charge < -0.3 is 11.1 Å². The lowest BCUT2D eigenvalue weighted by atomic mass is 10.1. The van der Waals surface area contributed by atoms with Crippen LogP contribution in [0.3, 0.4) is 0 Å². The number of hydrogen-bond acceptors (Lipinski definition) is 3. The Labute approximate surface area is 149 Å². The number of thiophene rings is 1. The Morgan fingerprint density at radius 3 is 3.14 bits per heavy atom. The first-order chi connectivity index (χ1) is 9.70. The molecule has 1 aliphatic heterocycles. The summed E-state index contributed by atoms with van der Waals surface area (Å²) in [5, 5.41) is 5.37. The van der Waals surface area contributed by atoms with Gasteiger partial charge in [-0.1, -0.05) is 13.3 Å². The maximum Gasteiger partial charge on any atom is 0.188 e. The molecule has 6 heteroatoms. The topological polar surface area (TPSA) is 53.6 Å². The molecule has 21 heavy (non-hydrogen) atoms. The molecule has 0 saturated heterocycles. The van der Waals surface area contributed by atoms with Crippen LogP contribution in [0.4, 0.5) is 0 Å². The highest BCUT2D eigenvalue weighted by Gasteiger charge is 2.21. The fraction of sp³-hybridized carbons (Fsp3) is 0.667. The van der Waals surface area contributed by atoms with Gasteiger partial charge in [-0.3, -0.25) is 9.89 Å². The normalized spacial score (nSPS) is 17.0. The summed E-state index contributed by atoms with van der Waals surface area (Å²) in [6.07, 6.45) is 3.48. The Kier molecular flexibility index (Phi) is 8.58. The van der Waals surface area contributed by atoms with Gasteiger partial charge in [-0.15, -0.1) is 35.3 Å². The van der Waals surface area contributed by atoms with Crippen molar-refractivity contribution in [2.75, 3.05) is 19.6 Å². The van der Waals surface area contributed by atoms with Crippen molar-refractivity contribution in [3.8, 4) is 0 Å². The average Bonchev–Trinajstić information content (AvgIpc) is 2.92. The zero-order valence-electron chi connectivity index (χ0n) is 13.0. The van der Waals surface area contributed by atoms with E-state index in [0.717, 1.165) is 32.6 Å². The molecule has 3 N–H and O–H groups in total. The molecular weight excluding hydrogens is 395 g/mol. The van der Waals surface area contributed by atoms with E-state index >= 15 is 0 Å². The molecule has 0 spiro atoms. The Morgan fingerprint density at radius 1 is 1.57 bits per heavy atom. The van der Waals surface area contributed by atoms with Crippen LogP contribution in [0.25, 0.3) is 0 Å². The van der Waals surface area contributed by atoms with Crippen LogP contribution in [0.5, 0.6) is 0 Å². The molecule has 0 amide bonds. The van der Waals surface area contributed by atoms with Gasteiger partial charge in [0.2, 0.25) is 0 Å². The summed E-state index contributed by atoms with van der Waals surface area (Å²) in [7, 11) is 0. The molecule has 1 aromatic rings. The summed E-state index contributed by atoms with van der Waals surface area (Å²) in [6.45, 7) is 8.28. The van der Waals surface area contributed by atoms with Crippen molar-refractivity contribution in [1.82, 2.24) is 10.2 Å². The maximum absolute atomic E-state index is 5.87. The summed E-state index contributed by atoms with van der Waals surface area (Å²) in [6, 6.07) is 2.69. The molecule has 0 bridgehead atoms. The summed E-state index contributed by atoms with van der Waals surface area (Å²) in [4.78, 5) is 8.51. The smallest absolute Gasteiger partial charge is 0.188 e. The van der Waals surface area contributed by atoms with Crippen LogP contribution in [-0.2, 0) is 13.0 Å². The predicted molar refractivity (Wildman–Crippen MR) is 103 cm³/mol. The van der Waals surface area contributed by atoms with Crippen LogP contribution in [0.2, 0.25) is 0 Å². The minimum absolute atomic E-state index is 0. The van der Waals surface area contributed by atoms with E-state index in [9.17, 15) is 0 Å². The highest BCUT2D eigenvalue weighted by Crippen LogP contribution is 2.25. The van der Waals surface area contributed by atoms with Gasteiger partial charge in [0.1, 0.15) is 0 Å². The first-order valence-corrected chi connectivity index (χ1v) is 8.41. The van der Waals surface area contributed by atoms with E-state index in [-0.39, 0.29) is 24.0 Å². The Hall–Kier alpha value is -0.340. The number of halogens is 1. The molecular formula is C15H27IN4S. The number of unbranched alkanes of at least 4 members (excludes halogenated alkanes) is 1. The lowest BCUT2D eigenvalue weighted by Gasteiger charge is -2.31. The summed E-state index contributed by atoms with van der Waals surface area (Å²) in [5.41, 5.74) is 7.37. The van der Waals surface area contributed by atoms with E-state index in [2.05, 4.69) is 40.5 Å². The molecule has 4 nitrogen and oxygen atoms in total. The second-order valence-corrected chi connectivity index (χ2v) is 6.45. The van der Waals surface area contributed by atoms with Crippen LogP contribution < -0.4 is 11.1 Å². The molecule has 2 rings (SSSR count). The summed E-state index contributed by atoms with van der Waals surface area (Å²) >= 11 is 1.88. The number of nitrogens with zero attached hydrogens (tertiary/aromatic N) is 2. The van der Waals surface area contributed by atoms with E-state index in [1.165, 1.54) is 18.4 Å². The minimum atomic E-state index is 0. The van der Waals surface area contributed by atoms with Gasteiger partial charge in [-0.2, -0.15) is 0 Å². The number of fused-ring (bicyclic) bond motifs is 1. The monoisotopic (exact) mass is 422 g/mol. The zero-order chi connectivity index (χ0) is 14.4. The van der Waals surface area contributed by atoms with Gasteiger partial charge in [-0.25, -0.2) is 0 Å². The molecule has 0 fully saturated rings. The van der Waals surface area contributed by atoms with Crippen LogP contribution in [0.15, 0.2) is 16.4 Å². The van der Waals surface area contributed by atoms with Crippen LogP contribution in [0, 0.1) is 0 Å². The molecule has 1 aromatic heterocycles. The lowest BCUT2D eigenvalue weighted by molar-refractivity contribution is 0.197. The van der Waals surface area contributed by atoms with Gasteiger partial charge in [0.15, 0.2) is 5.96 Å². The lowest BCUT2D eigenvalue weighted by Crippen LogP contribution is -2.40. The second-order valence-electron chi connectivity index (χ2n) is 5.44. The van der Waals surface area contributed by atoms with Gasteiger partial charge in [0, 0.05) is 30.6 Å². The molecule has 0 aromatic carbocycles. The van der Waals surface area contributed by atoms with Gasteiger partial charge >= 0.3 is 0 Å². The fourth-order valence-electron chi connectivity index (χ4n) is 2.44. The second kappa shape index (κ2) is 9.63. The van der Waals surface area contributed by atoms with Gasteiger partial charge in [0.25, 0.3) is 0 Å². The van der Waals surface area contributed by atoms with Crippen LogP contribution >= 0.6 is 35.3 Å². The molecule has 2 heterocycles. The highest BCUT2D eigenvalue weighted by atomic mass is 127. The first-order valence-electron chi connectivity index (χ1n) is 7.53. The van der Waals surface area contributed by atoms with E-state index in [1.54, 1.807) is 4.88 Å². The van der Waals surface area contributed by atoms with Crippen molar-refractivity contribution in [3.63, 3.8) is 0 Å². The van der Waals surface area contributed by atoms with Crippen molar-refractivity contribution in [2.45, 2.75) is 45.7 Å². The molecule has 0 saturated carbocycles. The molecule has 1 unspecified atom stereocenters. The number of guanidine groups is 1. The Balaban J connectivity index is 0.00000220. The third-order valence-electron chi connectivity index (χ3n) is 3.82. The standard InChI is InChI=1S/C15H26N4S.HI/c1-3-4-7-17-15(16)18-10-12(2)19-8-5-14-13(11-19)6-9-20-14;/h6,9,12H,3-5,7-8,10-11H2,1-2H3,(H3,16,17,18);1H. The fourth-order valence-corrected chi connectivity index (χ4v) is 3.33. The van der Waals surface area contributed by atoms with E-state index in [0.29, 0.717) is 12.0 Å². The maximum atomic E-state index is 5.87. The van der Waals surface area contributed by atoms with Crippen LogP contribution in [-0.4, -0.2) is 36.5 Å².